The molecule has 2 aromatic rings. The molecule has 146 valence electrons. The number of rotatable bonds is 8. The van der Waals surface area contributed by atoms with Gasteiger partial charge in [0.2, 0.25) is 0 Å². The molecule has 0 bridgehead atoms. The summed E-state index contributed by atoms with van der Waals surface area (Å²) in [5.74, 6) is -0.191. The zero-order valence-electron chi connectivity index (χ0n) is 15.7. The monoisotopic (exact) mass is 374 g/mol. The molecule has 0 aliphatic carbocycles. The number of nitrogens with zero attached hydrogens (tertiary/aromatic N) is 2. The van der Waals surface area contributed by atoms with Crippen molar-refractivity contribution in [3.63, 3.8) is 0 Å². The average molecular weight is 374 g/mol. The Bertz CT molecular complexity index is 726. The second-order valence-electron chi connectivity index (χ2n) is 6.92. The molecule has 1 atom stereocenters. The minimum Gasteiger partial charge on any atom is -0.366 e. The number of carbonyl (C=O) groups is 1. The molecule has 1 unspecified atom stereocenters. The quantitative estimate of drug-likeness (QED) is 0.696. The zero-order chi connectivity index (χ0) is 19.1. The van der Waals surface area contributed by atoms with Crippen LogP contribution in [-0.2, 0) is 16.0 Å². The highest BCUT2D eigenvalue weighted by Crippen LogP contribution is 2.19. The summed E-state index contributed by atoms with van der Waals surface area (Å²) in [6.45, 7) is 2.74. The molecule has 3 rings (SSSR count). The molecule has 1 aromatic heterocycles. The maximum atomic E-state index is 13.0. The smallest absolute Gasteiger partial charge is 0.252 e. The van der Waals surface area contributed by atoms with Gasteiger partial charge >= 0.3 is 0 Å². The van der Waals surface area contributed by atoms with Crippen LogP contribution in [0.15, 0.2) is 30.3 Å². The van der Waals surface area contributed by atoms with Crippen molar-refractivity contribution < 1.29 is 13.9 Å². The first-order valence-corrected chi connectivity index (χ1v) is 9.51. The highest BCUT2D eigenvalue weighted by atomic mass is 19.1. The van der Waals surface area contributed by atoms with E-state index in [1.54, 1.807) is 17.0 Å². The molecule has 1 aromatic carbocycles. The number of hydrogen-bond donors (Lipinski definition) is 2. The zero-order valence-corrected chi connectivity index (χ0v) is 15.7. The van der Waals surface area contributed by atoms with Crippen LogP contribution >= 0.6 is 0 Å². The summed E-state index contributed by atoms with van der Waals surface area (Å²) < 4.78 is 18.5. The van der Waals surface area contributed by atoms with Gasteiger partial charge in [0.25, 0.3) is 5.91 Å². The number of aryl methyl sites for hydroxylation is 1. The SMILES string of the molecule is CN(CCCCCc1cc(-c2ccc(F)cc2)n[nH]1)C(=O)C1CNCCO1. The van der Waals surface area contributed by atoms with Crippen LogP contribution in [0, 0.1) is 5.82 Å². The number of unbranched alkanes of at least 4 members (excludes halogenated alkanes) is 2. The summed E-state index contributed by atoms with van der Waals surface area (Å²) in [6, 6.07) is 8.35. The van der Waals surface area contributed by atoms with E-state index in [2.05, 4.69) is 15.5 Å². The number of aromatic amines is 1. The molecule has 1 saturated heterocycles. The van der Waals surface area contributed by atoms with Crippen molar-refractivity contribution in [1.82, 2.24) is 20.4 Å². The van der Waals surface area contributed by atoms with Crippen molar-refractivity contribution in [2.75, 3.05) is 33.3 Å². The molecule has 0 radical (unpaired) electrons. The molecule has 0 saturated carbocycles. The van der Waals surface area contributed by atoms with Crippen LogP contribution in [0.1, 0.15) is 25.0 Å². The molecular formula is C20H27FN4O2. The van der Waals surface area contributed by atoms with Gasteiger partial charge in [0.1, 0.15) is 11.9 Å². The highest BCUT2D eigenvalue weighted by Gasteiger charge is 2.24. The molecule has 1 amide bonds. The fourth-order valence-electron chi connectivity index (χ4n) is 3.18. The Morgan fingerprint density at radius 2 is 2.11 bits per heavy atom. The van der Waals surface area contributed by atoms with Gasteiger partial charge in [-0.15, -0.1) is 0 Å². The van der Waals surface area contributed by atoms with E-state index in [4.69, 9.17) is 4.74 Å². The Kier molecular flexibility index (Phi) is 6.95. The second kappa shape index (κ2) is 9.62. The normalized spacial score (nSPS) is 17.0. The predicted molar refractivity (Wildman–Crippen MR) is 102 cm³/mol. The first-order valence-electron chi connectivity index (χ1n) is 9.51. The summed E-state index contributed by atoms with van der Waals surface area (Å²) in [4.78, 5) is 14.0. The number of halogens is 1. The number of morpholine rings is 1. The number of ether oxygens (including phenoxy) is 1. The van der Waals surface area contributed by atoms with E-state index < -0.39 is 0 Å². The molecule has 1 fully saturated rings. The largest absolute Gasteiger partial charge is 0.366 e. The van der Waals surface area contributed by atoms with E-state index in [1.807, 2.05) is 13.1 Å². The number of hydrogen-bond acceptors (Lipinski definition) is 4. The third kappa shape index (κ3) is 5.61. The number of H-pyrrole nitrogens is 1. The predicted octanol–water partition coefficient (Wildman–Crippen LogP) is 2.38. The van der Waals surface area contributed by atoms with Crippen LogP contribution in [0.5, 0.6) is 0 Å². The van der Waals surface area contributed by atoms with Gasteiger partial charge in [-0.3, -0.25) is 9.89 Å². The molecule has 2 N–H and O–H groups in total. The molecule has 2 heterocycles. The summed E-state index contributed by atoms with van der Waals surface area (Å²) >= 11 is 0. The Labute approximate surface area is 159 Å². The maximum Gasteiger partial charge on any atom is 0.252 e. The fraction of sp³-hybridized carbons (Fsp3) is 0.500. The van der Waals surface area contributed by atoms with E-state index in [0.717, 1.165) is 55.7 Å². The fourth-order valence-corrected chi connectivity index (χ4v) is 3.18. The lowest BCUT2D eigenvalue weighted by Crippen LogP contribution is -2.48. The molecule has 27 heavy (non-hydrogen) atoms. The highest BCUT2D eigenvalue weighted by molar-refractivity contribution is 5.81. The van der Waals surface area contributed by atoms with Gasteiger partial charge in [0.15, 0.2) is 0 Å². The van der Waals surface area contributed by atoms with E-state index >= 15 is 0 Å². The van der Waals surface area contributed by atoms with Gasteiger partial charge in [-0.25, -0.2) is 4.39 Å². The Balaban J connectivity index is 1.35. The first-order chi connectivity index (χ1) is 13.1. The number of carbonyl (C=O) groups excluding carboxylic acids is 1. The van der Waals surface area contributed by atoms with Crippen LogP contribution in [0.25, 0.3) is 11.3 Å². The number of likely N-dealkylation sites (N-methyl/N-ethyl adjacent to an activating group) is 1. The molecule has 7 heteroatoms. The van der Waals surface area contributed by atoms with Crippen molar-refractivity contribution in [2.45, 2.75) is 31.8 Å². The van der Waals surface area contributed by atoms with Crippen molar-refractivity contribution in [1.29, 1.82) is 0 Å². The third-order valence-corrected chi connectivity index (χ3v) is 4.79. The van der Waals surface area contributed by atoms with E-state index in [0.29, 0.717) is 13.2 Å². The minimum atomic E-state index is -0.348. The van der Waals surface area contributed by atoms with Crippen molar-refractivity contribution in [2.24, 2.45) is 0 Å². The van der Waals surface area contributed by atoms with E-state index in [9.17, 15) is 9.18 Å². The maximum absolute atomic E-state index is 13.0. The summed E-state index contributed by atoms with van der Waals surface area (Å²) in [6.07, 6.45) is 3.57. The van der Waals surface area contributed by atoms with Gasteiger partial charge in [-0.05, 0) is 49.6 Å². The lowest BCUT2D eigenvalue weighted by Gasteiger charge is -2.27. The summed E-state index contributed by atoms with van der Waals surface area (Å²) in [5.41, 5.74) is 2.80. The number of benzene rings is 1. The number of amides is 1. The Hall–Kier alpha value is -2.25. The summed E-state index contributed by atoms with van der Waals surface area (Å²) in [7, 11) is 1.84. The van der Waals surface area contributed by atoms with Gasteiger partial charge in [-0.2, -0.15) is 5.10 Å². The Morgan fingerprint density at radius 1 is 1.30 bits per heavy atom. The van der Waals surface area contributed by atoms with Crippen LogP contribution < -0.4 is 5.32 Å². The van der Waals surface area contributed by atoms with Gasteiger partial charge in [0.05, 0.1) is 12.3 Å². The van der Waals surface area contributed by atoms with E-state index in [1.165, 1.54) is 12.1 Å². The van der Waals surface area contributed by atoms with Crippen molar-refractivity contribution in [3.8, 4) is 11.3 Å². The average Bonchev–Trinajstić information content (AvgIpc) is 3.17. The molecular weight excluding hydrogens is 347 g/mol. The first kappa shape index (κ1) is 19.5. The lowest BCUT2D eigenvalue weighted by atomic mass is 10.1. The van der Waals surface area contributed by atoms with Crippen LogP contribution in [0.4, 0.5) is 4.39 Å². The topological polar surface area (TPSA) is 70.2 Å². The van der Waals surface area contributed by atoms with Gasteiger partial charge in [0, 0.05) is 37.9 Å². The molecule has 1 aliphatic heterocycles. The van der Waals surface area contributed by atoms with Crippen LogP contribution in [0.3, 0.4) is 0 Å². The van der Waals surface area contributed by atoms with Gasteiger partial charge in [-0.1, -0.05) is 6.42 Å². The van der Waals surface area contributed by atoms with E-state index in [-0.39, 0.29) is 17.8 Å². The molecule has 6 nitrogen and oxygen atoms in total. The standard InChI is InChI=1S/C20H27FN4O2/c1-25(20(26)19-14-22-10-12-27-19)11-4-2-3-5-17-13-18(24-23-17)15-6-8-16(21)9-7-15/h6-9,13,19,22H,2-5,10-12,14H2,1H3,(H,23,24). The lowest BCUT2D eigenvalue weighted by molar-refractivity contribution is -0.143. The second-order valence-corrected chi connectivity index (χ2v) is 6.92. The third-order valence-electron chi connectivity index (χ3n) is 4.79. The molecule has 0 spiro atoms. The summed E-state index contributed by atoms with van der Waals surface area (Å²) in [5, 5.41) is 10.5. The number of aromatic nitrogens is 2. The van der Waals surface area contributed by atoms with Crippen LogP contribution in [-0.4, -0.2) is 60.4 Å². The molecule has 1 aliphatic rings. The number of nitrogens with one attached hydrogen (secondary N) is 2. The Morgan fingerprint density at radius 3 is 2.85 bits per heavy atom. The minimum absolute atomic E-state index is 0.0553. The van der Waals surface area contributed by atoms with Crippen LogP contribution in [0.2, 0.25) is 0 Å². The van der Waals surface area contributed by atoms with Crippen molar-refractivity contribution in [3.05, 3.63) is 41.8 Å². The van der Waals surface area contributed by atoms with Gasteiger partial charge < -0.3 is 15.0 Å². The van der Waals surface area contributed by atoms with Crippen molar-refractivity contribution >= 4 is 5.91 Å².